The second-order valence-corrected chi connectivity index (χ2v) is 7.50. The van der Waals surface area contributed by atoms with Crippen molar-refractivity contribution in [2.75, 3.05) is 0 Å². The van der Waals surface area contributed by atoms with Gasteiger partial charge in [0.15, 0.2) is 0 Å². The minimum Gasteiger partial charge on any atom is -1.00 e. The van der Waals surface area contributed by atoms with E-state index in [0.717, 1.165) is 0 Å². The molecule has 0 fully saturated rings. The predicted octanol–water partition coefficient (Wildman–Crippen LogP) is 0.851. The third kappa shape index (κ3) is 8.48. The van der Waals surface area contributed by atoms with E-state index in [1.807, 2.05) is 0 Å². The van der Waals surface area contributed by atoms with Gasteiger partial charge in [-0.3, -0.25) is 6.08 Å². The average molecular weight is 415 g/mol. The topological polar surface area (TPSA) is 0 Å². The Balaban J connectivity index is -0.000000350. The third-order valence-electron chi connectivity index (χ3n) is 4.65. The van der Waals surface area contributed by atoms with Gasteiger partial charge in [0.1, 0.15) is 0 Å². The Morgan fingerprint density at radius 1 is 0.840 bits per heavy atom. The first-order valence-electron chi connectivity index (χ1n) is 8.38. The maximum absolute atomic E-state index is 3.44. The number of allylic oxidation sites excluding steroid dienone is 4. The molecule has 0 atom stereocenters. The average Bonchev–Trinajstić information content (AvgIpc) is 2.62. The van der Waals surface area contributed by atoms with E-state index < -0.39 is 0 Å². The number of hydrogen-bond acceptors (Lipinski definition) is 0. The molecule has 0 spiro atoms. The summed E-state index contributed by atoms with van der Waals surface area (Å²) in [6.45, 7) is 19.7. The Labute approximate surface area is 183 Å². The fourth-order valence-electron chi connectivity index (χ4n) is 2.59. The van der Waals surface area contributed by atoms with Crippen LogP contribution in [0.25, 0.3) is 0 Å². The van der Waals surface area contributed by atoms with Crippen LogP contribution in [0.5, 0.6) is 0 Å². The molecule has 0 saturated heterocycles. The molecule has 0 aromatic heterocycles. The number of benzene rings is 1. The van der Waals surface area contributed by atoms with Crippen LogP contribution in [0.4, 0.5) is 0 Å². The summed E-state index contributed by atoms with van der Waals surface area (Å²) in [7, 11) is 0. The van der Waals surface area contributed by atoms with Crippen LogP contribution in [-0.2, 0) is 21.7 Å². The molecule has 2 rings (SSSR count). The number of halogens is 2. The molecule has 0 radical (unpaired) electrons. The number of rotatable bonds is 2. The van der Waals surface area contributed by atoms with Crippen molar-refractivity contribution in [1.82, 2.24) is 0 Å². The van der Waals surface area contributed by atoms with E-state index in [2.05, 4.69) is 92.7 Å². The minimum absolute atomic E-state index is 0. The molecular formula is C22H32Cl2Ti-2. The van der Waals surface area contributed by atoms with Gasteiger partial charge in [-0.25, -0.2) is 5.57 Å². The summed E-state index contributed by atoms with van der Waals surface area (Å²) in [5.74, 6) is 1.17. The van der Waals surface area contributed by atoms with Crippen molar-refractivity contribution in [3.63, 3.8) is 0 Å². The predicted molar refractivity (Wildman–Crippen MR) is 98.0 cm³/mol. The smallest absolute Gasteiger partial charge is 1.00 e. The van der Waals surface area contributed by atoms with Crippen molar-refractivity contribution in [3.05, 3.63) is 58.2 Å². The Morgan fingerprint density at radius 3 is 1.44 bits per heavy atom. The van der Waals surface area contributed by atoms with Crippen molar-refractivity contribution < 1.29 is 46.5 Å². The van der Waals surface area contributed by atoms with Crippen molar-refractivity contribution >= 4 is 0 Å². The zero-order valence-corrected chi connectivity index (χ0v) is 20.2. The van der Waals surface area contributed by atoms with Gasteiger partial charge in [0.25, 0.3) is 0 Å². The van der Waals surface area contributed by atoms with Gasteiger partial charge in [-0.15, -0.1) is 6.92 Å². The molecule has 25 heavy (non-hydrogen) atoms. The van der Waals surface area contributed by atoms with Gasteiger partial charge < -0.3 is 24.8 Å². The van der Waals surface area contributed by atoms with Crippen molar-refractivity contribution in [2.45, 2.75) is 74.1 Å². The second-order valence-electron chi connectivity index (χ2n) is 7.50. The van der Waals surface area contributed by atoms with E-state index in [1.54, 1.807) is 0 Å². The first kappa shape index (κ1) is 29.7. The fourth-order valence-corrected chi connectivity index (χ4v) is 2.59. The van der Waals surface area contributed by atoms with E-state index in [4.69, 9.17) is 0 Å². The third-order valence-corrected chi connectivity index (χ3v) is 4.65. The summed E-state index contributed by atoms with van der Waals surface area (Å²) in [6.07, 6.45) is 3.44. The molecule has 0 unspecified atom stereocenters. The van der Waals surface area contributed by atoms with Crippen LogP contribution in [0, 0.1) is 17.6 Å². The molecule has 0 amide bonds. The van der Waals surface area contributed by atoms with E-state index in [0.29, 0.717) is 11.8 Å². The van der Waals surface area contributed by atoms with Gasteiger partial charge in [0.05, 0.1) is 0 Å². The molecule has 140 valence electrons. The number of hydrogen-bond donors (Lipinski definition) is 0. The first-order chi connectivity index (χ1) is 10.1. The van der Waals surface area contributed by atoms with Crippen LogP contribution in [0.1, 0.15) is 85.3 Å². The van der Waals surface area contributed by atoms with E-state index in [9.17, 15) is 0 Å². The fraction of sp³-hybridized carbons (Fsp3) is 0.545. The Kier molecular flexibility index (Phi) is 14.7. The minimum atomic E-state index is 0. The van der Waals surface area contributed by atoms with Crippen LogP contribution >= 0.6 is 0 Å². The van der Waals surface area contributed by atoms with Gasteiger partial charge in [-0.2, -0.15) is 46.5 Å². The molecule has 0 saturated carbocycles. The van der Waals surface area contributed by atoms with Crippen LogP contribution in [0.2, 0.25) is 0 Å². The molecule has 0 heterocycles. The van der Waals surface area contributed by atoms with Gasteiger partial charge in [0, 0.05) is 0 Å². The van der Waals surface area contributed by atoms with Crippen molar-refractivity contribution in [2.24, 2.45) is 5.41 Å². The SMILES string of the molecule is CC(C)c1[c-]c(C(C)C)ccc1.CC1=[C-]C(C)(C)C(C)=C1C.[Cl-].[Cl-].[Ti+2]. The van der Waals surface area contributed by atoms with Crippen LogP contribution in [0.15, 0.2) is 34.9 Å². The van der Waals surface area contributed by atoms with Gasteiger partial charge in [0.2, 0.25) is 0 Å². The summed E-state index contributed by atoms with van der Waals surface area (Å²) < 4.78 is 0. The molecule has 0 nitrogen and oxygen atoms in total. The van der Waals surface area contributed by atoms with Crippen LogP contribution < -0.4 is 24.8 Å². The molecule has 1 aliphatic rings. The van der Waals surface area contributed by atoms with E-state index >= 15 is 0 Å². The molecule has 0 bridgehead atoms. The first-order valence-corrected chi connectivity index (χ1v) is 8.38. The summed E-state index contributed by atoms with van der Waals surface area (Å²) in [5.41, 5.74) is 7.04. The Hall–Kier alpha value is -0.00571. The molecule has 1 aromatic carbocycles. The standard InChI is InChI=1S/C12H17.C10H15.2ClH.Ti/c1-9(2)11-6-5-7-12(8-11)10(3)4;1-7-6-10(4,5)9(3)8(7)2;;;/h5-7,9-10H,1-4H3;1-5H3;2*1H;/q2*-1;;;+2/p-2. The van der Waals surface area contributed by atoms with E-state index in [1.165, 1.54) is 27.8 Å². The maximum atomic E-state index is 3.44. The van der Waals surface area contributed by atoms with Crippen molar-refractivity contribution in [3.8, 4) is 0 Å². The molecule has 0 aliphatic heterocycles. The maximum Gasteiger partial charge on any atom is 2.00 e. The quantitative estimate of drug-likeness (QED) is 0.497. The summed E-state index contributed by atoms with van der Waals surface area (Å²) >= 11 is 0. The normalized spacial score (nSPS) is 14.8. The summed E-state index contributed by atoms with van der Waals surface area (Å²) in [5, 5.41) is 0. The van der Waals surface area contributed by atoms with Crippen molar-refractivity contribution in [1.29, 1.82) is 0 Å². The van der Waals surface area contributed by atoms with E-state index in [-0.39, 0.29) is 51.9 Å². The molecule has 0 N–H and O–H groups in total. The zero-order valence-electron chi connectivity index (χ0n) is 17.1. The largest absolute Gasteiger partial charge is 2.00 e. The second kappa shape index (κ2) is 12.4. The van der Waals surface area contributed by atoms with Gasteiger partial charge in [-0.05, 0) is 11.8 Å². The molecule has 1 aromatic rings. The van der Waals surface area contributed by atoms with Gasteiger partial charge in [-0.1, -0.05) is 60.8 Å². The zero-order chi connectivity index (χ0) is 17.1. The van der Waals surface area contributed by atoms with Crippen LogP contribution in [0.3, 0.4) is 0 Å². The summed E-state index contributed by atoms with van der Waals surface area (Å²) in [4.78, 5) is 0. The Bertz CT molecular complexity index is 558. The molecule has 3 heteroatoms. The molecular weight excluding hydrogens is 383 g/mol. The van der Waals surface area contributed by atoms with Crippen LogP contribution in [-0.4, -0.2) is 0 Å². The molecule has 1 aliphatic carbocycles. The van der Waals surface area contributed by atoms with Gasteiger partial charge >= 0.3 is 21.7 Å². The monoisotopic (exact) mass is 414 g/mol. The Morgan fingerprint density at radius 2 is 1.24 bits per heavy atom. The summed E-state index contributed by atoms with van der Waals surface area (Å²) in [6, 6.07) is 9.87.